The first-order valence-electron chi connectivity index (χ1n) is 14.0. The molecule has 34 heavy (non-hydrogen) atoms. The molecule has 0 aromatic heterocycles. The molecule has 5 rings (SSSR count). The van der Waals surface area contributed by atoms with Gasteiger partial charge >= 0.3 is 5.97 Å². The van der Waals surface area contributed by atoms with E-state index in [1.54, 1.807) is 0 Å². The van der Waals surface area contributed by atoms with Crippen LogP contribution in [0.5, 0.6) is 0 Å². The number of rotatable bonds is 2. The third-order valence-electron chi connectivity index (χ3n) is 13.5. The van der Waals surface area contributed by atoms with Crippen molar-refractivity contribution in [2.75, 3.05) is 0 Å². The molecule has 5 fully saturated rings. The Kier molecular flexibility index (Phi) is 5.18. The van der Waals surface area contributed by atoms with Crippen LogP contribution in [0.25, 0.3) is 0 Å². The van der Waals surface area contributed by atoms with E-state index in [4.69, 9.17) is 0 Å². The molecule has 4 heteroatoms. The molecule has 2 N–H and O–H groups in total. The lowest BCUT2D eigenvalue weighted by Gasteiger charge is -2.72. The summed E-state index contributed by atoms with van der Waals surface area (Å²) in [6, 6.07) is 0. The van der Waals surface area contributed by atoms with E-state index in [9.17, 15) is 19.8 Å². The molecule has 0 spiro atoms. The highest BCUT2D eigenvalue weighted by Crippen LogP contribution is 2.77. The van der Waals surface area contributed by atoms with Crippen LogP contribution in [0.3, 0.4) is 0 Å². The van der Waals surface area contributed by atoms with Crippen molar-refractivity contribution in [3.05, 3.63) is 0 Å². The van der Waals surface area contributed by atoms with Gasteiger partial charge in [-0.1, -0.05) is 34.6 Å². The van der Waals surface area contributed by atoms with Crippen LogP contribution >= 0.6 is 0 Å². The van der Waals surface area contributed by atoms with Crippen molar-refractivity contribution in [2.45, 2.75) is 118 Å². The lowest BCUT2D eigenvalue weighted by Crippen LogP contribution is -2.67. The quantitative estimate of drug-likeness (QED) is 0.481. The van der Waals surface area contributed by atoms with Crippen LogP contribution < -0.4 is 0 Å². The molecule has 0 aromatic carbocycles. The molecule has 0 aromatic rings. The summed E-state index contributed by atoms with van der Waals surface area (Å²) >= 11 is 0. The molecule has 0 bridgehead atoms. The van der Waals surface area contributed by atoms with Crippen LogP contribution in [-0.4, -0.2) is 27.6 Å². The van der Waals surface area contributed by atoms with Gasteiger partial charge in [0.15, 0.2) is 0 Å². The first-order valence-corrected chi connectivity index (χ1v) is 14.0. The van der Waals surface area contributed by atoms with E-state index < -0.39 is 17.0 Å². The Bertz CT molecular complexity index is 900. The van der Waals surface area contributed by atoms with E-state index in [1.165, 1.54) is 0 Å². The smallest absolute Gasteiger partial charge is 0.309 e. The summed E-state index contributed by atoms with van der Waals surface area (Å²) in [5.41, 5.74) is -1.37. The van der Waals surface area contributed by atoms with E-state index in [0.29, 0.717) is 36.4 Å². The second-order valence-electron chi connectivity index (χ2n) is 15.1. The third-order valence-corrected chi connectivity index (χ3v) is 13.5. The molecule has 0 amide bonds. The number of hydrogen-bond donors (Lipinski definition) is 2. The van der Waals surface area contributed by atoms with Crippen LogP contribution in [0, 0.1) is 56.7 Å². The topological polar surface area (TPSA) is 74.6 Å². The Balaban J connectivity index is 1.58. The fraction of sp³-hybridized carbons (Fsp3) is 0.933. The van der Waals surface area contributed by atoms with E-state index >= 15 is 0 Å². The van der Waals surface area contributed by atoms with Crippen molar-refractivity contribution in [1.29, 1.82) is 0 Å². The Morgan fingerprint density at radius 1 is 0.853 bits per heavy atom. The Morgan fingerprint density at radius 3 is 2.15 bits per heavy atom. The minimum atomic E-state index is -0.852. The SMILES string of the molecule is CC(C)(O)C1CCC2(C(=O)O)CCC3(C)C(CCC4C5(C)CCC(=O)C(C)(C)C5CCC43C)C12. The summed E-state index contributed by atoms with van der Waals surface area (Å²) in [5, 5.41) is 21.7. The Hall–Kier alpha value is -0.900. The predicted molar refractivity (Wildman–Crippen MR) is 133 cm³/mol. The first kappa shape index (κ1) is 24.8. The second-order valence-corrected chi connectivity index (χ2v) is 15.1. The van der Waals surface area contributed by atoms with Crippen LogP contribution in [0.15, 0.2) is 0 Å². The number of carbonyl (C=O) groups excluding carboxylic acids is 1. The van der Waals surface area contributed by atoms with Crippen LogP contribution in [0.1, 0.15) is 113 Å². The summed E-state index contributed by atoms with van der Waals surface area (Å²) in [6.45, 7) is 15.7. The fourth-order valence-electron chi connectivity index (χ4n) is 11.6. The van der Waals surface area contributed by atoms with Crippen molar-refractivity contribution in [3.63, 3.8) is 0 Å². The maximum atomic E-state index is 12.9. The van der Waals surface area contributed by atoms with Crippen LogP contribution in [-0.2, 0) is 9.59 Å². The number of hydrogen-bond acceptors (Lipinski definition) is 3. The van der Waals surface area contributed by atoms with Crippen LogP contribution in [0.4, 0.5) is 0 Å². The third kappa shape index (κ3) is 2.81. The lowest BCUT2D eigenvalue weighted by atomic mass is 9.32. The minimum absolute atomic E-state index is 0.0477. The summed E-state index contributed by atoms with van der Waals surface area (Å²) in [7, 11) is 0. The number of aliphatic carboxylic acids is 1. The highest BCUT2D eigenvalue weighted by atomic mass is 16.4. The highest BCUT2D eigenvalue weighted by molar-refractivity contribution is 5.85. The molecular weight excluding hydrogens is 424 g/mol. The van der Waals surface area contributed by atoms with E-state index in [2.05, 4.69) is 34.6 Å². The Morgan fingerprint density at radius 2 is 1.53 bits per heavy atom. The molecule has 9 unspecified atom stereocenters. The predicted octanol–water partition coefficient (Wildman–Crippen LogP) is 6.49. The zero-order chi connectivity index (χ0) is 25.1. The summed E-state index contributed by atoms with van der Waals surface area (Å²) in [6.07, 6.45) is 9.43. The monoisotopic (exact) mass is 472 g/mol. The van der Waals surface area contributed by atoms with Gasteiger partial charge in [-0.2, -0.15) is 0 Å². The highest BCUT2D eigenvalue weighted by Gasteiger charge is 2.72. The number of fused-ring (bicyclic) bond motifs is 7. The maximum absolute atomic E-state index is 12.9. The van der Waals surface area contributed by atoms with Gasteiger partial charge in [0.2, 0.25) is 0 Å². The number of ketones is 1. The van der Waals surface area contributed by atoms with Gasteiger partial charge in [-0.05, 0) is 117 Å². The summed E-state index contributed by atoms with van der Waals surface area (Å²) in [4.78, 5) is 25.7. The zero-order valence-electron chi connectivity index (χ0n) is 22.7. The molecule has 0 aliphatic heterocycles. The van der Waals surface area contributed by atoms with Crippen molar-refractivity contribution in [3.8, 4) is 0 Å². The standard InChI is InChI=1S/C30H48O4/c1-25(2)20-11-14-29(7)21(27(20,5)13-12-22(25)31)9-8-19-23-18(26(3,4)34)10-15-30(23,24(32)33)17-16-28(19,29)6/h18-21,23,34H,8-17H2,1-7H3,(H,32,33). The van der Waals surface area contributed by atoms with E-state index in [0.717, 1.165) is 51.4 Å². The molecule has 5 saturated carbocycles. The minimum Gasteiger partial charge on any atom is -0.481 e. The van der Waals surface area contributed by atoms with Crippen LogP contribution in [0.2, 0.25) is 0 Å². The number of Topliss-reactive ketones (excluding diaryl/α,β-unsaturated/α-hetero) is 1. The number of aliphatic hydroxyl groups is 1. The molecular formula is C30H48O4. The maximum Gasteiger partial charge on any atom is 0.309 e. The molecule has 5 aliphatic rings. The molecule has 0 saturated heterocycles. The first-order chi connectivity index (χ1) is 15.6. The molecule has 192 valence electrons. The zero-order valence-corrected chi connectivity index (χ0v) is 22.7. The molecule has 5 aliphatic carbocycles. The normalized spacial score (nSPS) is 52.2. The van der Waals surface area contributed by atoms with Gasteiger partial charge in [-0.15, -0.1) is 0 Å². The van der Waals surface area contributed by atoms with Gasteiger partial charge in [0.05, 0.1) is 11.0 Å². The lowest BCUT2D eigenvalue weighted by molar-refractivity contribution is -0.240. The van der Waals surface area contributed by atoms with Gasteiger partial charge in [-0.3, -0.25) is 9.59 Å². The molecule has 9 atom stereocenters. The van der Waals surface area contributed by atoms with Crippen molar-refractivity contribution in [1.82, 2.24) is 0 Å². The van der Waals surface area contributed by atoms with Gasteiger partial charge in [0.25, 0.3) is 0 Å². The van der Waals surface area contributed by atoms with Gasteiger partial charge in [0, 0.05) is 11.8 Å². The van der Waals surface area contributed by atoms with Gasteiger partial charge in [0.1, 0.15) is 5.78 Å². The number of carbonyl (C=O) groups is 2. The average Bonchev–Trinajstić information content (AvgIpc) is 3.13. The number of carboxylic acids is 1. The van der Waals surface area contributed by atoms with E-state index in [1.807, 2.05) is 13.8 Å². The molecule has 0 radical (unpaired) electrons. The summed E-state index contributed by atoms with van der Waals surface area (Å²) in [5.74, 6) is 1.28. The average molecular weight is 473 g/mol. The fourth-order valence-corrected chi connectivity index (χ4v) is 11.6. The van der Waals surface area contributed by atoms with Gasteiger partial charge in [-0.25, -0.2) is 0 Å². The van der Waals surface area contributed by atoms with Crippen molar-refractivity contribution < 1.29 is 19.8 Å². The van der Waals surface area contributed by atoms with Crippen molar-refractivity contribution >= 4 is 11.8 Å². The summed E-state index contributed by atoms with van der Waals surface area (Å²) < 4.78 is 0. The molecule has 0 heterocycles. The van der Waals surface area contributed by atoms with E-state index in [-0.39, 0.29) is 33.5 Å². The van der Waals surface area contributed by atoms with Crippen molar-refractivity contribution in [2.24, 2.45) is 56.7 Å². The second kappa shape index (κ2) is 7.11. The molecule has 4 nitrogen and oxygen atoms in total. The van der Waals surface area contributed by atoms with Gasteiger partial charge < -0.3 is 10.2 Å². The largest absolute Gasteiger partial charge is 0.481 e. The Labute approximate surface area is 206 Å². The number of carboxylic acid groups (broad SMARTS) is 1.